The van der Waals surface area contributed by atoms with E-state index in [1.807, 2.05) is 0 Å². The molecule has 0 radical (unpaired) electrons. The summed E-state index contributed by atoms with van der Waals surface area (Å²) in [5.74, 6) is 0.809. The lowest BCUT2D eigenvalue weighted by molar-refractivity contribution is -0.131. The molecule has 6 heteroatoms. The molecule has 0 spiro atoms. The van der Waals surface area contributed by atoms with Crippen molar-refractivity contribution in [3.8, 4) is 23.0 Å². The zero-order valence-corrected chi connectivity index (χ0v) is 14.2. The summed E-state index contributed by atoms with van der Waals surface area (Å²) in [5, 5.41) is 20.3. The van der Waals surface area contributed by atoms with Gasteiger partial charge in [-0.1, -0.05) is 12.2 Å². The number of carbonyl (C=O) groups excluding carboxylic acids is 1. The number of esters is 1. The van der Waals surface area contributed by atoms with Crippen molar-refractivity contribution in [2.75, 3.05) is 14.2 Å². The van der Waals surface area contributed by atoms with Crippen LogP contribution >= 0.6 is 0 Å². The van der Waals surface area contributed by atoms with Gasteiger partial charge in [-0.3, -0.25) is 4.79 Å². The number of rotatable bonds is 6. The monoisotopic (exact) mass is 344 g/mol. The predicted molar refractivity (Wildman–Crippen MR) is 93.0 cm³/mol. The Hall–Kier alpha value is -2.99. The number of methoxy groups -OCH3 is 2. The molecule has 2 N–H and O–H groups in total. The standard InChI is InChI=1S/C19H20O6/c1-12(20)25-15-7-8-16(18(22)10-15)17(21)9-5-13-4-6-14(23-2)11-19(13)24-3/h4-11,17,21-22H,1-3H3. The van der Waals surface area contributed by atoms with Crippen molar-refractivity contribution in [1.29, 1.82) is 0 Å². The molecule has 0 saturated heterocycles. The lowest BCUT2D eigenvalue weighted by Crippen LogP contribution is -2.02. The van der Waals surface area contributed by atoms with Crippen LogP contribution in [0.25, 0.3) is 6.08 Å². The summed E-state index contributed by atoms with van der Waals surface area (Å²) in [6.07, 6.45) is 2.16. The fourth-order valence-corrected chi connectivity index (χ4v) is 2.26. The molecule has 0 amide bonds. The summed E-state index contributed by atoms with van der Waals surface area (Å²) in [7, 11) is 3.11. The van der Waals surface area contributed by atoms with Crippen LogP contribution in [0.5, 0.6) is 23.0 Å². The van der Waals surface area contributed by atoms with E-state index in [0.717, 1.165) is 5.56 Å². The van der Waals surface area contributed by atoms with Crippen LogP contribution in [0, 0.1) is 0 Å². The van der Waals surface area contributed by atoms with Gasteiger partial charge >= 0.3 is 5.97 Å². The largest absolute Gasteiger partial charge is 0.507 e. The van der Waals surface area contributed by atoms with Gasteiger partial charge in [-0.15, -0.1) is 0 Å². The summed E-state index contributed by atoms with van der Waals surface area (Å²) < 4.78 is 15.3. The molecule has 2 rings (SSSR count). The second-order valence-electron chi connectivity index (χ2n) is 5.23. The van der Waals surface area contributed by atoms with Crippen LogP contribution in [-0.4, -0.2) is 30.4 Å². The van der Waals surface area contributed by atoms with Crippen LogP contribution in [0.15, 0.2) is 42.5 Å². The van der Waals surface area contributed by atoms with Crippen LogP contribution in [-0.2, 0) is 4.79 Å². The number of aromatic hydroxyl groups is 1. The van der Waals surface area contributed by atoms with Crippen molar-refractivity contribution in [3.63, 3.8) is 0 Å². The Balaban J connectivity index is 2.20. The molecule has 0 aliphatic carbocycles. The molecule has 1 atom stereocenters. The summed E-state index contributed by atoms with van der Waals surface area (Å²) in [6, 6.07) is 9.58. The molecular weight excluding hydrogens is 324 g/mol. The second-order valence-corrected chi connectivity index (χ2v) is 5.23. The number of aliphatic hydroxyl groups is 1. The molecule has 0 aliphatic heterocycles. The minimum absolute atomic E-state index is 0.169. The van der Waals surface area contributed by atoms with Gasteiger partial charge < -0.3 is 24.4 Å². The maximum absolute atomic E-state index is 10.9. The molecule has 0 bridgehead atoms. The maximum atomic E-state index is 10.9. The first-order valence-corrected chi connectivity index (χ1v) is 7.54. The Bertz CT molecular complexity index is 781. The normalized spacial score (nSPS) is 12.0. The average Bonchev–Trinajstić information content (AvgIpc) is 2.59. The smallest absolute Gasteiger partial charge is 0.308 e. The Morgan fingerprint density at radius 2 is 1.80 bits per heavy atom. The van der Waals surface area contributed by atoms with Gasteiger partial charge in [0.05, 0.1) is 14.2 Å². The van der Waals surface area contributed by atoms with Crippen LogP contribution in [0.2, 0.25) is 0 Å². The third kappa shape index (κ3) is 4.74. The SMILES string of the molecule is COc1ccc(C=CC(O)c2ccc(OC(C)=O)cc2O)c(OC)c1. The van der Waals surface area contributed by atoms with Gasteiger partial charge in [0, 0.05) is 30.2 Å². The van der Waals surface area contributed by atoms with Crippen molar-refractivity contribution in [3.05, 3.63) is 53.6 Å². The first kappa shape index (κ1) is 18.4. The number of hydrogen-bond acceptors (Lipinski definition) is 6. The van der Waals surface area contributed by atoms with Gasteiger partial charge in [0.1, 0.15) is 29.1 Å². The minimum Gasteiger partial charge on any atom is -0.507 e. The van der Waals surface area contributed by atoms with Crippen molar-refractivity contribution in [2.45, 2.75) is 13.0 Å². The average molecular weight is 344 g/mol. The van der Waals surface area contributed by atoms with Crippen LogP contribution < -0.4 is 14.2 Å². The Labute approximate surface area is 145 Å². The lowest BCUT2D eigenvalue weighted by atomic mass is 10.1. The summed E-state index contributed by atoms with van der Waals surface area (Å²) in [5.41, 5.74) is 1.04. The van der Waals surface area contributed by atoms with E-state index >= 15 is 0 Å². The van der Waals surface area contributed by atoms with E-state index < -0.39 is 12.1 Å². The Kier molecular flexibility index (Phi) is 6.03. The van der Waals surface area contributed by atoms with Gasteiger partial charge in [0.25, 0.3) is 0 Å². The molecule has 6 nitrogen and oxygen atoms in total. The first-order chi connectivity index (χ1) is 11.9. The van der Waals surface area contributed by atoms with Crippen LogP contribution in [0.3, 0.4) is 0 Å². The third-order valence-electron chi connectivity index (χ3n) is 3.48. The summed E-state index contributed by atoms with van der Waals surface area (Å²) in [4.78, 5) is 10.9. The number of phenols is 1. The topological polar surface area (TPSA) is 85.2 Å². The minimum atomic E-state index is -1.04. The summed E-state index contributed by atoms with van der Waals surface area (Å²) in [6.45, 7) is 1.27. The fraction of sp³-hybridized carbons (Fsp3) is 0.211. The molecule has 2 aromatic rings. The lowest BCUT2D eigenvalue weighted by Gasteiger charge is -2.11. The molecule has 0 aliphatic rings. The highest BCUT2D eigenvalue weighted by Crippen LogP contribution is 2.31. The highest BCUT2D eigenvalue weighted by molar-refractivity contribution is 5.69. The Morgan fingerprint density at radius 3 is 2.40 bits per heavy atom. The molecule has 2 aromatic carbocycles. The number of aliphatic hydroxyl groups excluding tert-OH is 1. The predicted octanol–water partition coefficient (Wildman–Crippen LogP) is 3.08. The number of phenolic OH excluding ortho intramolecular Hbond substituents is 1. The van der Waals surface area contributed by atoms with Crippen LogP contribution in [0.4, 0.5) is 0 Å². The molecular formula is C19H20O6. The van der Waals surface area contributed by atoms with E-state index in [1.165, 1.54) is 31.2 Å². The van der Waals surface area contributed by atoms with E-state index in [2.05, 4.69) is 0 Å². The summed E-state index contributed by atoms with van der Waals surface area (Å²) >= 11 is 0. The highest BCUT2D eigenvalue weighted by atomic mass is 16.5. The van der Waals surface area contributed by atoms with E-state index in [9.17, 15) is 15.0 Å². The second kappa shape index (κ2) is 8.21. The number of carbonyl (C=O) groups is 1. The van der Waals surface area contributed by atoms with Gasteiger partial charge in [-0.25, -0.2) is 0 Å². The van der Waals surface area contributed by atoms with E-state index in [-0.39, 0.29) is 11.5 Å². The maximum Gasteiger partial charge on any atom is 0.308 e. The van der Waals surface area contributed by atoms with E-state index in [1.54, 1.807) is 38.5 Å². The van der Waals surface area contributed by atoms with E-state index in [4.69, 9.17) is 14.2 Å². The van der Waals surface area contributed by atoms with Gasteiger partial charge in [0.15, 0.2) is 0 Å². The number of benzene rings is 2. The fourth-order valence-electron chi connectivity index (χ4n) is 2.26. The molecule has 0 heterocycles. The molecule has 0 aromatic heterocycles. The molecule has 0 fully saturated rings. The van der Waals surface area contributed by atoms with Gasteiger partial charge in [0.2, 0.25) is 0 Å². The number of hydrogen-bond donors (Lipinski definition) is 2. The number of ether oxygens (including phenoxy) is 3. The molecule has 1 unspecified atom stereocenters. The van der Waals surface area contributed by atoms with E-state index in [0.29, 0.717) is 17.1 Å². The van der Waals surface area contributed by atoms with Gasteiger partial charge in [-0.2, -0.15) is 0 Å². The highest BCUT2D eigenvalue weighted by Gasteiger charge is 2.12. The molecule has 132 valence electrons. The molecule has 25 heavy (non-hydrogen) atoms. The third-order valence-corrected chi connectivity index (χ3v) is 3.48. The van der Waals surface area contributed by atoms with Crippen molar-refractivity contribution >= 4 is 12.0 Å². The van der Waals surface area contributed by atoms with Crippen molar-refractivity contribution in [2.24, 2.45) is 0 Å². The molecule has 0 saturated carbocycles. The zero-order valence-electron chi connectivity index (χ0n) is 14.2. The van der Waals surface area contributed by atoms with Crippen LogP contribution in [0.1, 0.15) is 24.2 Å². The Morgan fingerprint density at radius 1 is 1.08 bits per heavy atom. The zero-order chi connectivity index (χ0) is 18.4. The van der Waals surface area contributed by atoms with Gasteiger partial charge in [-0.05, 0) is 24.3 Å². The first-order valence-electron chi connectivity index (χ1n) is 7.54. The van der Waals surface area contributed by atoms with Crippen molar-refractivity contribution in [1.82, 2.24) is 0 Å². The quantitative estimate of drug-likeness (QED) is 0.619. The van der Waals surface area contributed by atoms with Crippen molar-refractivity contribution < 1.29 is 29.2 Å².